The maximum atomic E-state index is 6.14. The fourth-order valence-electron chi connectivity index (χ4n) is 3.18. The molecule has 0 aromatic heterocycles. The third-order valence-corrected chi connectivity index (χ3v) is 5.42. The molecule has 0 spiro atoms. The van der Waals surface area contributed by atoms with Gasteiger partial charge in [-0.05, 0) is 18.1 Å². The number of morpholine rings is 1. The van der Waals surface area contributed by atoms with Crippen LogP contribution in [0.15, 0.2) is 29.3 Å². The Morgan fingerprint density at radius 1 is 1.28 bits per heavy atom. The lowest BCUT2D eigenvalue weighted by Gasteiger charge is -2.31. The molecular weight excluding hydrogens is 447 g/mol. The first-order valence-electron chi connectivity index (χ1n) is 8.75. The molecule has 0 radical (unpaired) electrons. The van der Waals surface area contributed by atoms with Gasteiger partial charge >= 0.3 is 0 Å². The third kappa shape index (κ3) is 6.62. The number of hydrogen-bond donors (Lipinski definition) is 1. The molecule has 2 heterocycles. The molecule has 1 atom stereocenters. The number of thioether (sulfide) groups is 1. The van der Waals surface area contributed by atoms with E-state index in [1.54, 1.807) is 0 Å². The van der Waals surface area contributed by atoms with E-state index < -0.39 is 0 Å². The van der Waals surface area contributed by atoms with Crippen molar-refractivity contribution >= 4 is 41.7 Å². The van der Waals surface area contributed by atoms with Crippen LogP contribution in [0, 0.1) is 0 Å². The summed E-state index contributed by atoms with van der Waals surface area (Å²) in [6.45, 7) is 8.63. The molecular formula is C18H29IN4OS. The van der Waals surface area contributed by atoms with E-state index >= 15 is 0 Å². The van der Waals surface area contributed by atoms with Gasteiger partial charge in [0.2, 0.25) is 0 Å². The number of hydrogen-bond acceptors (Lipinski definition) is 4. The fourth-order valence-corrected chi connectivity index (χ4v) is 4.09. The van der Waals surface area contributed by atoms with E-state index in [9.17, 15) is 0 Å². The Hall–Kier alpha value is -0.510. The standard InChI is InChI=1S/C18H28N4OS.HI/c1-15-13-21(5-8-23-15)14-17-4-2-3-16(11-17)12-20-18(19)22-6-9-24-10-7-22;/h2-4,11,15H,5-10,12-14H2,1H3,(H2,19,20);1H. The Morgan fingerprint density at radius 2 is 2.04 bits per heavy atom. The van der Waals surface area contributed by atoms with Gasteiger partial charge in [-0.15, -0.1) is 24.0 Å². The molecule has 1 aromatic carbocycles. The number of aliphatic imine (C=N–C) groups is 1. The van der Waals surface area contributed by atoms with Gasteiger partial charge in [-0.2, -0.15) is 11.8 Å². The minimum atomic E-state index is 0. The zero-order chi connectivity index (χ0) is 16.8. The van der Waals surface area contributed by atoms with Crippen LogP contribution in [0.5, 0.6) is 0 Å². The maximum Gasteiger partial charge on any atom is 0.191 e. The topological polar surface area (TPSA) is 54.1 Å². The molecule has 0 aliphatic carbocycles. The molecule has 2 fully saturated rings. The minimum absolute atomic E-state index is 0. The average molecular weight is 476 g/mol. The Balaban J connectivity index is 0.00000225. The van der Waals surface area contributed by atoms with Gasteiger partial charge in [0.1, 0.15) is 0 Å². The molecule has 3 rings (SSSR count). The summed E-state index contributed by atoms with van der Waals surface area (Å²) in [5.41, 5.74) is 8.71. The quantitative estimate of drug-likeness (QED) is 0.411. The zero-order valence-corrected chi connectivity index (χ0v) is 18.0. The number of benzene rings is 1. The first-order chi connectivity index (χ1) is 11.7. The van der Waals surface area contributed by atoms with Crippen LogP contribution in [-0.4, -0.2) is 66.2 Å². The molecule has 1 unspecified atom stereocenters. The van der Waals surface area contributed by atoms with Gasteiger partial charge in [-0.3, -0.25) is 4.90 Å². The Labute approximate surface area is 172 Å². The van der Waals surface area contributed by atoms with Crippen LogP contribution in [0.3, 0.4) is 0 Å². The Kier molecular flexibility index (Phi) is 8.81. The summed E-state index contributed by atoms with van der Waals surface area (Å²) in [5.74, 6) is 2.97. The monoisotopic (exact) mass is 476 g/mol. The van der Waals surface area contributed by atoms with Crippen molar-refractivity contribution in [2.75, 3.05) is 44.3 Å². The summed E-state index contributed by atoms with van der Waals surface area (Å²) >= 11 is 1.98. The van der Waals surface area contributed by atoms with Crippen LogP contribution in [-0.2, 0) is 17.8 Å². The number of nitrogens with zero attached hydrogens (tertiary/aromatic N) is 3. The molecule has 2 aliphatic heterocycles. The molecule has 2 saturated heterocycles. The van der Waals surface area contributed by atoms with Crippen molar-refractivity contribution in [1.29, 1.82) is 0 Å². The van der Waals surface area contributed by atoms with Crippen molar-refractivity contribution in [2.24, 2.45) is 10.7 Å². The predicted octanol–water partition coefficient (Wildman–Crippen LogP) is 2.39. The largest absolute Gasteiger partial charge is 0.376 e. The maximum absolute atomic E-state index is 6.14. The molecule has 7 heteroatoms. The third-order valence-electron chi connectivity index (χ3n) is 4.48. The van der Waals surface area contributed by atoms with Gasteiger partial charge in [-0.25, -0.2) is 4.99 Å². The molecule has 0 amide bonds. The highest BCUT2D eigenvalue weighted by Crippen LogP contribution is 2.13. The van der Waals surface area contributed by atoms with E-state index in [1.165, 1.54) is 11.1 Å². The van der Waals surface area contributed by atoms with Gasteiger partial charge < -0.3 is 15.4 Å². The fraction of sp³-hybridized carbons (Fsp3) is 0.611. The van der Waals surface area contributed by atoms with Gasteiger partial charge in [0.15, 0.2) is 5.96 Å². The van der Waals surface area contributed by atoms with Gasteiger partial charge in [-0.1, -0.05) is 24.3 Å². The molecule has 5 nitrogen and oxygen atoms in total. The summed E-state index contributed by atoms with van der Waals surface area (Å²) < 4.78 is 5.61. The summed E-state index contributed by atoms with van der Waals surface area (Å²) in [7, 11) is 0. The van der Waals surface area contributed by atoms with E-state index in [0.29, 0.717) is 18.6 Å². The average Bonchev–Trinajstić information content (AvgIpc) is 2.61. The molecule has 0 bridgehead atoms. The van der Waals surface area contributed by atoms with Crippen LogP contribution in [0.2, 0.25) is 0 Å². The highest BCUT2D eigenvalue weighted by molar-refractivity contribution is 14.0. The first kappa shape index (κ1) is 20.8. The van der Waals surface area contributed by atoms with Gasteiger partial charge in [0.05, 0.1) is 19.3 Å². The highest BCUT2D eigenvalue weighted by Gasteiger charge is 2.16. The SMILES string of the molecule is CC1CN(Cc2cccc(CN=C(N)N3CCSCC3)c2)CCO1.I. The molecule has 2 aliphatic rings. The van der Waals surface area contributed by atoms with Gasteiger partial charge in [0.25, 0.3) is 0 Å². The van der Waals surface area contributed by atoms with E-state index in [-0.39, 0.29) is 24.0 Å². The van der Waals surface area contributed by atoms with Crippen molar-refractivity contribution in [2.45, 2.75) is 26.1 Å². The number of rotatable bonds is 4. The van der Waals surface area contributed by atoms with Gasteiger partial charge in [0, 0.05) is 44.2 Å². The molecule has 140 valence electrons. The lowest BCUT2D eigenvalue weighted by molar-refractivity contribution is -0.0212. The second kappa shape index (κ2) is 10.6. The number of nitrogens with two attached hydrogens (primary N) is 1. The van der Waals surface area contributed by atoms with Crippen molar-refractivity contribution in [3.05, 3.63) is 35.4 Å². The molecule has 25 heavy (non-hydrogen) atoms. The normalized spacial score (nSPS) is 22.5. The second-order valence-electron chi connectivity index (χ2n) is 6.51. The van der Waals surface area contributed by atoms with Crippen molar-refractivity contribution < 1.29 is 4.74 Å². The molecule has 1 aromatic rings. The predicted molar refractivity (Wildman–Crippen MR) is 117 cm³/mol. The van der Waals surface area contributed by atoms with Crippen LogP contribution < -0.4 is 5.73 Å². The summed E-state index contributed by atoms with van der Waals surface area (Å²) in [6, 6.07) is 8.70. The number of guanidine groups is 1. The van der Waals surface area contributed by atoms with Crippen molar-refractivity contribution in [3.8, 4) is 0 Å². The number of halogens is 1. The van der Waals surface area contributed by atoms with Crippen LogP contribution in [0.4, 0.5) is 0 Å². The minimum Gasteiger partial charge on any atom is -0.376 e. The summed E-state index contributed by atoms with van der Waals surface area (Å²) in [4.78, 5) is 9.24. The molecule has 2 N–H and O–H groups in total. The Morgan fingerprint density at radius 3 is 2.80 bits per heavy atom. The van der Waals surface area contributed by atoms with Crippen LogP contribution >= 0.6 is 35.7 Å². The van der Waals surface area contributed by atoms with Crippen molar-refractivity contribution in [3.63, 3.8) is 0 Å². The first-order valence-corrected chi connectivity index (χ1v) is 9.90. The van der Waals surface area contributed by atoms with Crippen molar-refractivity contribution in [1.82, 2.24) is 9.80 Å². The lowest BCUT2D eigenvalue weighted by Crippen LogP contribution is -2.42. The Bertz CT molecular complexity index is 566. The smallest absolute Gasteiger partial charge is 0.191 e. The highest BCUT2D eigenvalue weighted by atomic mass is 127. The zero-order valence-electron chi connectivity index (χ0n) is 14.9. The van der Waals surface area contributed by atoms with Crippen LogP contribution in [0.25, 0.3) is 0 Å². The number of ether oxygens (including phenoxy) is 1. The van der Waals surface area contributed by atoms with E-state index in [1.807, 2.05) is 11.8 Å². The van der Waals surface area contributed by atoms with E-state index in [2.05, 4.69) is 46.0 Å². The van der Waals surface area contributed by atoms with E-state index in [0.717, 1.165) is 50.8 Å². The second-order valence-corrected chi connectivity index (χ2v) is 7.74. The summed E-state index contributed by atoms with van der Waals surface area (Å²) in [5, 5.41) is 0. The summed E-state index contributed by atoms with van der Waals surface area (Å²) in [6.07, 6.45) is 0.328. The lowest BCUT2D eigenvalue weighted by atomic mass is 10.1. The van der Waals surface area contributed by atoms with E-state index in [4.69, 9.17) is 10.5 Å². The van der Waals surface area contributed by atoms with Crippen LogP contribution in [0.1, 0.15) is 18.1 Å². The molecule has 0 saturated carbocycles.